The number of hydrogen-bond donors (Lipinski definition) is 1. The maximum Gasteiger partial charge on any atom is 0.260 e. The maximum atomic E-state index is 13.8. The van der Waals surface area contributed by atoms with E-state index < -0.39 is 5.95 Å². The first-order valence-corrected chi connectivity index (χ1v) is 8.64. The first-order valence-electron chi connectivity index (χ1n) is 8.26. The number of carbonyl (C=O) groups excluding carboxylic acids is 1. The van der Waals surface area contributed by atoms with E-state index in [4.69, 9.17) is 16.1 Å². The minimum Gasteiger partial charge on any atom is -0.357 e. The first-order chi connectivity index (χ1) is 12.6. The van der Waals surface area contributed by atoms with Crippen molar-refractivity contribution in [2.45, 2.75) is 25.7 Å². The Morgan fingerprint density at radius 2 is 2.15 bits per heavy atom. The van der Waals surface area contributed by atoms with Gasteiger partial charge in [-0.1, -0.05) is 23.2 Å². The summed E-state index contributed by atoms with van der Waals surface area (Å²) in [4.78, 5) is 25.0. The topological polar surface area (TPSA) is 87.9 Å². The third kappa shape index (κ3) is 3.20. The van der Waals surface area contributed by atoms with Crippen LogP contribution in [0.4, 0.5) is 10.1 Å². The van der Waals surface area contributed by atoms with Gasteiger partial charge in [0.2, 0.25) is 17.7 Å². The van der Waals surface area contributed by atoms with Crippen LogP contribution in [0.5, 0.6) is 0 Å². The van der Waals surface area contributed by atoms with Gasteiger partial charge in [-0.3, -0.25) is 4.79 Å². The molecule has 0 unspecified atom stereocenters. The molecule has 4 rings (SSSR count). The van der Waals surface area contributed by atoms with Gasteiger partial charge in [-0.25, -0.2) is 4.98 Å². The molecule has 0 bridgehead atoms. The molecular weight excluding hydrogens is 361 g/mol. The number of carbonyl (C=O) groups is 1. The van der Waals surface area contributed by atoms with Gasteiger partial charge in [0, 0.05) is 25.2 Å². The summed E-state index contributed by atoms with van der Waals surface area (Å²) in [6.45, 7) is 0.548. The zero-order chi connectivity index (χ0) is 18.1. The minimum absolute atomic E-state index is 0.0203. The summed E-state index contributed by atoms with van der Waals surface area (Å²) < 4.78 is 19.1. The molecule has 0 aliphatic carbocycles. The van der Waals surface area contributed by atoms with E-state index in [9.17, 15) is 9.18 Å². The Morgan fingerprint density at radius 3 is 2.96 bits per heavy atom. The second-order valence-electron chi connectivity index (χ2n) is 6.03. The Kier molecular flexibility index (Phi) is 4.42. The van der Waals surface area contributed by atoms with Crippen LogP contribution in [0.2, 0.25) is 5.02 Å². The summed E-state index contributed by atoms with van der Waals surface area (Å²) in [5, 5.41) is 4.42. The van der Waals surface area contributed by atoms with Gasteiger partial charge >= 0.3 is 0 Å². The van der Waals surface area contributed by atoms with Crippen LogP contribution in [-0.2, 0) is 4.79 Å². The monoisotopic (exact) mass is 375 g/mol. The van der Waals surface area contributed by atoms with Gasteiger partial charge in [-0.05, 0) is 18.9 Å². The summed E-state index contributed by atoms with van der Waals surface area (Å²) in [6, 6.07) is 2.86. The van der Waals surface area contributed by atoms with Crippen LogP contribution < -0.4 is 4.90 Å². The van der Waals surface area contributed by atoms with E-state index in [1.54, 1.807) is 17.2 Å². The van der Waals surface area contributed by atoms with Crippen molar-refractivity contribution in [1.29, 1.82) is 0 Å². The van der Waals surface area contributed by atoms with Gasteiger partial charge in [0.15, 0.2) is 0 Å². The molecule has 3 aromatic rings. The van der Waals surface area contributed by atoms with Crippen LogP contribution in [0, 0.1) is 5.95 Å². The number of halogens is 2. The van der Waals surface area contributed by atoms with E-state index >= 15 is 0 Å². The molecule has 1 aliphatic rings. The number of H-pyrrole nitrogens is 1. The summed E-state index contributed by atoms with van der Waals surface area (Å²) in [7, 11) is 0. The minimum atomic E-state index is -0.686. The third-order valence-corrected chi connectivity index (χ3v) is 4.48. The van der Waals surface area contributed by atoms with Crippen LogP contribution in [0.3, 0.4) is 0 Å². The van der Waals surface area contributed by atoms with E-state index in [0.717, 1.165) is 19.3 Å². The van der Waals surface area contributed by atoms with Crippen molar-refractivity contribution in [3.63, 3.8) is 0 Å². The SMILES string of the molecule is O=C1CCCCCN1c1cnc(F)cc1-c1nc(-c2cc(Cl)c[nH]2)no1. The van der Waals surface area contributed by atoms with Crippen molar-refractivity contribution in [2.75, 3.05) is 11.4 Å². The zero-order valence-electron chi connectivity index (χ0n) is 13.7. The van der Waals surface area contributed by atoms with Gasteiger partial charge in [-0.2, -0.15) is 9.37 Å². The molecule has 1 amide bonds. The van der Waals surface area contributed by atoms with Crippen LogP contribution in [0.1, 0.15) is 25.7 Å². The van der Waals surface area contributed by atoms with E-state index in [1.807, 2.05) is 0 Å². The fraction of sp³-hybridized carbons (Fsp3) is 0.294. The van der Waals surface area contributed by atoms with E-state index in [2.05, 4.69) is 20.1 Å². The number of nitrogens with zero attached hydrogens (tertiary/aromatic N) is 4. The Hall–Kier alpha value is -2.74. The van der Waals surface area contributed by atoms with E-state index in [1.165, 1.54) is 12.3 Å². The molecule has 0 spiro atoms. The van der Waals surface area contributed by atoms with Crippen molar-refractivity contribution in [3.05, 3.63) is 35.5 Å². The summed E-state index contributed by atoms with van der Waals surface area (Å²) in [6.07, 6.45) is 6.08. The molecule has 3 aromatic heterocycles. The highest BCUT2D eigenvalue weighted by atomic mass is 35.5. The van der Waals surface area contributed by atoms with E-state index in [0.29, 0.717) is 34.9 Å². The molecule has 1 N–H and O–H groups in total. The largest absolute Gasteiger partial charge is 0.357 e. The Bertz CT molecular complexity index is 954. The molecule has 26 heavy (non-hydrogen) atoms. The van der Waals surface area contributed by atoms with Gasteiger partial charge < -0.3 is 14.4 Å². The molecule has 0 saturated carbocycles. The van der Waals surface area contributed by atoms with E-state index in [-0.39, 0.29) is 17.6 Å². The Labute approximate surface area is 153 Å². The molecule has 1 aliphatic heterocycles. The average Bonchev–Trinajstić information content (AvgIpc) is 3.22. The lowest BCUT2D eigenvalue weighted by molar-refractivity contribution is -0.118. The third-order valence-electron chi connectivity index (χ3n) is 4.26. The van der Waals surface area contributed by atoms with Gasteiger partial charge in [-0.15, -0.1) is 0 Å². The fourth-order valence-corrected chi connectivity index (χ4v) is 3.15. The Balaban J connectivity index is 1.75. The summed E-state index contributed by atoms with van der Waals surface area (Å²) >= 11 is 5.89. The molecule has 134 valence electrons. The van der Waals surface area contributed by atoms with Crippen molar-refractivity contribution < 1.29 is 13.7 Å². The molecule has 9 heteroatoms. The molecule has 4 heterocycles. The number of anilines is 1. The Morgan fingerprint density at radius 1 is 1.27 bits per heavy atom. The lowest BCUT2D eigenvalue weighted by Crippen LogP contribution is -2.30. The lowest BCUT2D eigenvalue weighted by Gasteiger charge is -2.22. The van der Waals surface area contributed by atoms with Gasteiger partial charge in [0.05, 0.1) is 28.2 Å². The van der Waals surface area contributed by atoms with Crippen molar-refractivity contribution >= 4 is 23.2 Å². The lowest BCUT2D eigenvalue weighted by atomic mass is 10.2. The molecule has 0 aromatic carbocycles. The zero-order valence-corrected chi connectivity index (χ0v) is 14.5. The highest BCUT2D eigenvalue weighted by Crippen LogP contribution is 2.33. The normalized spacial score (nSPS) is 15.3. The molecule has 1 saturated heterocycles. The number of aromatic amines is 1. The number of amides is 1. The fourth-order valence-electron chi connectivity index (χ4n) is 2.99. The second-order valence-corrected chi connectivity index (χ2v) is 6.47. The highest BCUT2D eigenvalue weighted by molar-refractivity contribution is 6.30. The predicted molar refractivity (Wildman–Crippen MR) is 93.1 cm³/mol. The molecule has 1 fully saturated rings. The van der Waals surface area contributed by atoms with Gasteiger partial charge in [0.25, 0.3) is 5.89 Å². The van der Waals surface area contributed by atoms with Crippen LogP contribution in [0.15, 0.2) is 29.0 Å². The number of rotatable bonds is 3. The first kappa shape index (κ1) is 16.7. The summed E-state index contributed by atoms with van der Waals surface area (Å²) in [5.74, 6) is -0.307. The second kappa shape index (κ2) is 6.87. The molecule has 0 radical (unpaired) electrons. The van der Waals surface area contributed by atoms with Crippen molar-refractivity contribution in [3.8, 4) is 23.0 Å². The maximum absolute atomic E-state index is 13.8. The smallest absolute Gasteiger partial charge is 0.260 e. The number of nitrogens with one attached hydrogen (secondary N) is 1. The van der Waals surface area contributed by atoms with Gasteiger partial charge in [0.1, 0.15) is 0 Å². The number of hydrogen-bond acceptors (Lipinski definition) is 5. The van der Waals surface area contributed by atoms with Crippen LogP contribution >= 0.6 is 11.6 Å². The molecular formula is C17H15ClFN5O2. The average molecular weight is 376 g/mol. The van der Waals surface area contributed by atoms with Crippen molar-refractivity contribution in [2.24, 2.45) is 0 Å². The molecule has 0 atom stereocenters. The highest BCUT2D eigenvalue weighted by Gasteiger charge is 2.25. The number of pyridine rings is 1. The van der Waals surface area contributed by atoms with Crippen LogP contribution in [-0.4, -0.2) is 32.6 Å². The summed E-state index contributed by atoms with van der Waals surface area (Å²) in [5.41, 5.74) is 1.38. The quantitative estimate of drug-likeness (QED) is 0.703. The van der Waals surface area contributed by atoms with Crippen molar-refractivity contribution in [1.82, 2.24) is 20.1 Å². The van der Waals surface area contributed by atoms with Crippen LogP contribution in [0.25, 0.3) is 23.0 Å². The standard InChI is InChI=1S/C17H15ClFN5O2/c18-10-6-12(20-8-10)16-22-17(26-23-16)11-7-14(19)21-9-13(11)24-5-3-1-2-4-15(24)25/h6-9,20H,1-5H2. The molecule has 7 nitrogen and oxygen atoms in total. The number of aromatic nitrogens is 4. The predicted octanol–water partition coefficient (Wildman–Crippen LogP) is 3.83.